The molecule has 0 radical (unpaired) electrons. The van der Waals surface area contributed by atoms with E-state index in [1.54, 1.807) is 0 Å². The smallest absolute Gasteiger partial charge is 0.185 e. The van der Waals surface area contributed by atoms with Crippen molar-refractivity contribution < 1.29 is 4.79 Å². The molecular weight excluding hydrogens is 336 g/mol. The van der Waals surface area contributed by atoms with E-state index in [0.717, 1.165) is 35.3 Å². The van der Waals surface area contributed by atoms with Crippen molar-refractivity contribution >= 4 is 18.4 Å². The third-order valence-electron chi connectivity index (χ3n) is 5.95. The number of rotatable bonds is 14. The molecule has 0 aliphatic heterocycles. The summed E-state index contributed by atoms with van der Waals surface area (Å²) in [6, 6.07) is 0. The summed E-state index contributed by atoms with van der Waals surface area (Å²) in [6.45, 7) is 8.68. The number of hydrogen-bond acceptors (Lipinski definition) is 2. The van der Waals surface area contributed by atoms with Crippen LogP contribution in [0.1, 0.15) is 118 Å². The number of hydrogen-bond donors (Lipinski definition) is 1. The van der Waals surface area contributed by atoms with Gasteiger partial charge in [-0.3, -0.25) is 4.79 Å². The van der Waals surface area contributed by atoms with Crippen molar-refractivity contribution in [2.24, 2.45) is 5.92 Å². The molecule has 0 aromatic rings. The Hall–Kier alpha value is -0.500. The highest BCUT2D eigenvalue weighted by Gasteiger charge is 2.29. The molecule has 1 rings (SSSR count). The third-order valence-corrected chi connectivity index (χ3v) is 6.60. The summed E-state index contributed by atoms with van der Waals surface area (Å²) >= 11 is 4.74. The monoisotopic (exact) mass is 378 g/mol. The third kappa shape index (κ3) is 7.62. The number of unbranched alkanes of at least 4 members (excludes halogenated alkanes) is 10. The average Bonchev–Trinajstić information content (AvgIpc) is 2.64. The lowest BCUT2D eigenvalue weighted by molar-refractivity contribution is -0.112. The van der Waals surface area contributed by atoms with Crippen LogP contribution in [0.4, 0.5) is 0 Å². The van der Waals surface area contributed by atoms with Gasteiger partial charge in [0.2, 0.25) is 0 Å². The molecule has 1 aliphatic rings. The van der Waals surface area contributed by atoms with E-state index in [1.165, 1.54) is 76.2 Å². The quantitative estimate of drug-likeness (QED) is 0.238. The topological polar surface area (TPSA) is 17.1 Å². The molecule has 0 saturated carbocycles. The molecule has 150 valence electrons. The van der Waals surface area contributed by atoms with E-state index in [-0.39, 0.29) is 5.78 Å². The second kappa shape index (κ2) is 13.6. The molecule has 0 aromatic heterocycles. The summed E-state index contributed by atoms with van der Waals surface area (Å²) in [4.78, 5) is 13.8. The zero-order chi connectivity index (χ0) is 19.4. The minimum atomic E-state index is 0.264. The minimum absolute atomic E-state index is 0.264. The molecule has 0 N–H and O–H groups in total. The molecule has 0 saturated heterocycles. The summed E-state index contributed by atoms with van der Waals surface area (Å²) in [5.74, 6) is 0.651. The summed E-state index contributed by atoms with van der Waals surface area (Å²) in [6.07, 6.45) is 17.7. The summed E-state index contributed by atoms with van der Waals surface area (Å²) in [5, 5.41) is 0. The van der Waals surface area contributed by atoms with Gasteiger partial charge in [0.25, 0.3) is 0 Å². The predicted molar refractivity (Wildman–Crippen MR) is 119 cm³/mol. The van der Waals surface area contributed by atoms with Crippen molar-refractivity contribution in [2.45, 2.75) is 118 Å². The van der Waals surface area contributed by atoms with Crippen LogP contribution < -0.4 is 0 Å². The van der Waals surface area contributed by atoms with Crippen molar-refractivity contribution in [3.05, 3.63) is 21.6 Å². The Bertz CT molecular complexity index is 486. The molecule has 0 aromatic carbocycles. The van der Waals surface area contributed by atoms with Gasteiger partial charge in [0.15, 0.2) is 5.78 Å². The van der Waals surface area contributed by atoms with Crippen LogP contribution in [0.5, 0.6) is 0 Å². The summed E-state index contributed by atoms with van der Waals surface area (Å²) < 4.78 is 0. The maximum Gasteiger partial charge on any atom is 0.185 e. The molecule has 2 heteroatoms. The molecule has 0 bridgehead atoms. The number of ketones is 1. The van der Waals surface area contributed by atoms with Gasteiger partial charge in [0.05, 0.1) is 0 Å². The maximum absolute atomic E-state index is 12.7. The second-order valence-electron chi connectivity index (χ2n) is 8.13. The lowest BCUT2D eigenvalue weighted by Crippen LogP contribution is -2.20. The van der Waals surface area contributed by atoms with E-state index >= 15 is 0 Å². The van der Waals surface area contributed by atoms with Crippen molar-refractivity contribution in [1.29, 1.82) is 0 Å². The zero-order valence-corrected chi connectivity index (χ0v) is 18.7. The van der Waals surface area contributed by atoms with Crippen LogP contribution in [0.3, 0.4) is 0 Å². The van der Waals surface area contributed by atoms with Crippen molar-refractivity contribution in [2.75, 3.05) is 0 Å². The fraction of sp³-hybridized carbons (Fsp3) is 0.792. The van der Waals surface area contributed by atoms with Crippen LogP contribution >= 0.6 is 12.6 Å². The van der Waals surface area contributed by atoms with E-state index in [9.17, 15) is 4.79 Å². The van der Waals surface area contributed by atoms with Gasteiger partial charge in [0.1, 0.15) is 0 Å². The zero-order valence-electron chi connectivity index (χ0n) is 17.8. The van der Waals surface area contributed by atoms with Crippen molar-refractivity contribution in [1.82, 2.24) is 0 Å². The minimum Gasteiger partial charge on any atom is -0.289 e. The van der Waals surface area contributed by atoms with E-state index < -0.39 is 0 Å². The molecule has 1 unspecified atom stereocenters. The number of thiol groups is 1. The number of carbonyl (C=O) groups is 1. The predicted octanol–water partition coefficient (Wildman–Crippen LogP) is 8.21. The van der Waals surface area contributed by atoms with E-state index in [4.69, 9.17) is 12.6 Å². The number of carbonyl (C=O) groups excluding carboxylic acids is 1. The number of Topliss-reactive ketones (excluding diaryl/α,β-unsaturated/α-hetero) is 1. The van der Waals surface area contributed by atoms with Gasteiger partial charge >= 0.3 is 0 Å². The van der Waals surface area contributed by atoms with E-state index in [1.807, 2.05) is 6.92 Å². The Morgan fingerprint density at radius 1 is 0.769 bits per heavy atom. The van der Waals surface area contributed by atoms with E-state index in [2.05, 4.69) is 20.8 Å². The molecule has 1 aliphatic carbocycles. The fourth-order valence-electron chi connectivity index (χ4n) is 4.07. The normalized spacial score (nSPS) is 18.2. The molecule has 0 amide bonds. The van der Waals surface area contributed by atoms with Gasteiger partial charge in [-0.2, -0.15) is 0 Å². The number of allylic oxidation sites excluding steroid dienone is 4. The molecule has 1 atom stereocenters. The van der Waals surface area contributed by atoms with Gasteiger partial charge in [0, 0.05) is 11.5 Å². The fourth-order valence-corrected chi connectivity index (χ4v) is 4.50. The lowest BCUT2D eigenvalue weighted by Gasteiger charge is -2.28. The average molecular weight is 379 g/mol. The lowest BCUT2D eigenvalue weighted by atomic mass is 9.79. The highest BCUT2D eigenvalue weighted by molar-refractivity contribution is 7.84. The van der Waals surface area contributed by atoms with Crippen LogP contribution in [0.15, 0.2) is 21.6 Å². The SMILES string of the molecule is CCCCCCCCC1=C(C)C(CCCCCCCC)C(S)=C(C)C1=O. The molecule has 0 heterocycles. The molecular formula is C24H42OS. The Balaban J connectivity index is 2.55. The van der Waals surface area contributed by atoms with Crippen LogP contribution in [0.25, 0.3) is 0 Å². The van der Waals surface area contributed by atoms with Gasteiger partial charge in [-0.05, 0) is 43.6 Å². The molecule has 0 spiro atoms. The van der Waals surface area contributed by atoms with Crippen LogP contribution in [-0.2, 0) is 4.79 Å². The van der Waals surface area contributed by atoms with Gasteiger partial charge in [-0.15, -0.1) is 12.6 Å². The first-order valence-electron chi connectivity index (χ1n) is 11.2. The summed E-state index contributed by atoms with van der Waals surface area (Å²) in [5.41, 5.74) is 3.32. The Kier molecular flexibility index (Phi) is 12.3. The first kappa shape index (κ1) is 23.5. The van der Waals surface area contributed by atoms with Gasteiger partial charge < -0.3 is 0 Å². The second-order valence-corrected chi connectivity index (χ2v) is 8.61. The first-order chi connectivity index (χ1) is 12.5. The standard InChI is InChI=1S/C24H42OS/c1-5-7-9-11-13-15-17-21-19(3)22(24(26)20(4)23(21)25)18-16-14-12-10-8-6-2/h22,26H,5-18H2,1-4H3. The van der Waals surface area contributed by atoms with Gasteiger partial charge in [-0.25, -0.2) is 0 Å². The summed E-state index contributed by atoms with van der Waals surface area (Å²) in [7, 11) is 0. The van der Waals surface area contributed by atoms with Gasteiger partial charge in [-0.1, -0.05) is 90.0 Å². The van der Waals surface area contributed by atoms with Crippen LogP contribution in [-0.4, -0.2) is 5.78 Å². The highest BCUT2D eigenvalue weighted by Crippen LogP contribution is 2.39. The first-order valence-corrected chi connectivity index (χ1v) is 11.6. The maximum atomic E-state index is 12.7. The van der Waals surface area contributed by atoms with Crippen molar-refractivity contribution in [3.8, 4) is 0 Å². The largest absolute Gasteiger partial charge is 0.289 e. The molecule has 26 heavy (non-hydrogen) atoms. The Morgan fingerprint density at radius 3 is 1.85 bits per heavy atom. The molecule has 1 nitrogen and oxygen atoms in total. The van der Waals surface area contributed by atoms with Crippen molar-refractivity contribution in [3.63, 3.8) is 0 Å². The van der Waals surface area contributed by atoms with E-state index in [0.29, 0.717) is 5.92 Å². The Labute approximate surface area is 168 Å². The Morgan fingerprint density at radius 2 is 1.27 bits per heavy atom. The van der Waals surface area contributed by atoms with Crippen LogP contribution in [0, 0.1) is 5.92 Å². The highest BCUT2D eigenvalue weighted by atomic mass is 32.1. The molecule has 0 fully saturated rings. The van der Waals surface area contributed by atoms with Crippen LogP contribution in [0.2, 0.25) is 0 Å².